The fraction of sp³-hybridized carbons (Fsp3) is 0. The van der Waals surface area contributed by atoms with Gasteiger partial charge in [0.1, 0.15) is 16.8 Å². The molecule has 2 rings (SSSR count). The van der Waals surface area contributed by atoms with Crippen molar-refractivity contribution in [2.75, 3.05) is 5.32 Å². The predicted octanol–water partition coefficient (Wildman–Crippen LogP) is 1.06. The lowest BCUT2D eigenvalue weighted by Crippen LogP contribution is -2.11. The van der Waals surface area contributed by atoms with Gasteiger partial charge < -0.3 is 5.32 Å². The van der Waals surface area contributed by atoms with Gasteiger partial charge >= 0.3 is 0 Å². The van der Waals surface area contributed by atoms with Crippen molar-refractivity contribution in [3.05, 3.63) is 35.0 Å². The summed E-state index contributed by atoms with van der Waals surface area (Å²) in [5, 5.41) is 14.7. The highest BCUT2D eigenvalue weighted by Gasteiger charge is 2.08. The first-order valence-electron chi connectivity index (χ1n) is 4.24. The van der Waals surface area contributed by atoms with Gasteiger partial charge in [-0.1, -0.05) is 4.49 Å². The molecule has 0 spiro atoms. The number of carbonyl (C=O) groups excluding carboxylic acids is 1. The molecule has 2 aromatic rings. The number of nitriles is 1. The Morgan fingerprint density at radius 1 is 1.44 bits per heavy atom. The van der Waals surface area contributed by atoms with Crippen LogP contribution in [0.4, 0.5) is 5.82 Å². The van der Waals surface area contributed by atoms with Crippen molar-refractivity contribution in [2.24, 2.45) is 0 Å². The summed E-state index contributed by atoms with van der Waals surface area (Å²) in [6.07, 6.45) is 2.77. The topological polar surface area (TPSA) is 91.6 Å². The number of hydrogen-bond donors (Lipinski definition) is 1. The summed E-state index contributed by atoms with van der Waals surface area (Å²) in [6, 6.07) is 5.08. The molecular formula is C9H5N5OS. The molecular weight excluding hydrogens is 226 g/mol. The molecule has 0 fully saturated rings. The first-order chi connectivity index (χ1) is 7.79. The van der Waals surface area contributed by atoms with E-state index in [1.165, 1.54) is 12.4 Å². The van der Waals surface area contributed by atoms with Crippen molar-refractivity contribution in [3.63, 3.8) is 0 Å². The van der Waals surface area contributed by atoms with Gasteiger partial charge in [0, 0.05) is 6.20 Å². The van der Waals surface area contributed by atoms with Crippen LogP contribution in [0.5, 0.6) is 0 Å². The molecule has 0 unspecified atom stereocenters. The molecule has 0 aliphatic carbocycles. The molecule has 6 nitrogen and oxygen atoms in total. The standard InChI is InChI=1S/C9H5N5OS/c10-3-6-1-2-8(11-4-6)13-9(15)7-5-12-14-16-7/h1-2,4-5H,(H,11,13,15). The highest BCUT2D eigenvalue weighted by molar-refractivity contribution is 7.07. The summed E-state index contributed by atoms with van der Waals surface area (Å²) in [6.45, 7) is 0. The summed E-state index contributed by atoms with van der Waals surface area (Å²) in [5.74, 6) is 0.0737. The van der Waals surface area contributed by atoms with E-state index in [1.807, 2.05) is 6.07 Å². The van der Waals surface area contributed by atoms with Gasteiger partial charge in [-0.2, -0.15) is 5.26 Å². The quantitative estimate of drug-likeness (QED) is 0.834. The van der Waals surface area contributed by atoms with Gasteiger partial charge in [-0.25, -0.2) is 4.98 Å². The summed E-state index contributed by atoms with van der Waals surface area (Å²) >= 11 is 1.00. The fourth-order valence-corrected chi connectivity index (χ4v) is 1.39. The van der Waals surface area contributed by atoms with E-state index in [1.54, 1.807) is 12.1 Å². The van der Waals surface area contributed by atoms with Gasteiger partial charge in [-0.05, 0) is 23.7 Å². The van der Waals surface area contributed by atoms with Gasteiger partial charge in [0.15, 0.2) is 0 Å². The Morgan fingerprint density at radius 2 is 2.31 bits per heavy atom. The Morgan fingerprint density at radius 3 is 2.88 bits per heavy atom. The zero-order chi connectivity index (χ0) is 11.4. The summed E-state index contributed by atoms with van der Waals surface area (Å²) in [5.41, 5.74) is 0.442. The minimum atomic E-state index is -0.313. The lowest BCUT2D eigenvalue weighted by molar-refractivity contribution is 0.103. The van der Waals surface area contributed by atoms with Crippen LogP contribution in [0, 0.1) is 11.3 Å². The lowest BCUT2D eigenvalue weighted by atomic mass is 10.3. The van der Waals surface area contributed by atoms with Crippen LogP contribution in [-0.4, -0.2) is 20.5 Å². The number of carbonyl (C=O) groups is 1. The summed E-state index contributed by atoms with van der Waals surface area (Å²) < 4.78 is 3.58. The molecule has 0 bridgehead atoms. The third-order valence-corrected chi connectivity index (χ3v) is 2.38. The molecule has 0 saturated carbocycles. The molecule has 1 amide bonds. The maximum Gasteiger partial charge on any atom is 0.270 e. The first kappa shape index (κ1) is 10.2. The number of hydrogen-bond acceptors (Lipinski definition) is 6. The van der Waals surface area contributed by atoms with Gasteiger partial charge in [0.05, 0.1) is 11.8 Å². The normalized spacial score (nSPS) is 9.44. The second-order valence-corrected chi connectivity index (χ2v) is 3.57. The molecule has 2 aromatic heterocycles. The Kier molecular flexibility index (Phi) is 2.84. The smallest absolute Gasteiger partial charge is 0.270 e. The molecule has 0 aliphatic heterocycles. The predicted molar refractivity (Wildman–Crippen MR) is 56.8 cm³/mol. The lowest BCUT2D eigenvalue weighted by Gasteiger charge is -2.00. The second kappa shape index (κ2) is 4.46. The van der Waals surface area contributed by atoms with E-state index in [0.29, 0.717) is 16.3 Å². The van der Waals surface area contributed by atoms with Crippen LogP contribution >= 0.6 is 11.5 Å². The molecule has 2 heterocycles. The van der Waals surface area contributed by atoms with Gasteiger partial charge in [-0.3, -0.25) is 4.79 Å². The van der Waals surface area contributed by atoms with Crippen LogP contribution in [0.1, 0.15) is 15.2 Å². The van der Waals surface area contributed by atoms with E-state index >= 15 is 0 Å². The van der Waals surface area contributed by atoms with Crippen molar-refractivity contribution in [1.82, 2.24) is 14.6 Å². The molecule has 7 heteroatoms. The Bertz CT molecular complexity index is 528. The van der Waals surface area contributed by atoms with E-state index in [-0.39, 0.29) is 5.91 Å². The minimum absolute atomic E-state index is 0.313. The number of nitrogens with zero attached hydrogens (tertiary/aromatic N) is 4. The van der Waals surface area contributed by atoms with E-state index in [0.717, 1.165) is 11.5 Å². The Balaban J connectivity index is 2.10. The van der Waals surface area contributed by atoms with E-state index < -0.39 is 0 Å². The number of aromatic nitrogens is 3. The minimum Gasteiger partial charge on any atom is -0.306 e. The van der Waals surface area contributed by atoms with Crippen molar-refractivity contribution in [2.45, 2.75) is 0 Å². The highest BCUT2D eigenvalue weighted by atomic mass is 32.1. The SMILES string of the molecule is N#Cc1ccc(NC(=O)c2cnns2)nc1. The third kappa shape index (κ3) is 2.18. The fourth-order valence-electron chi connectivity index (χ4n) is 0.979. The summed E-state index contributed by atoms with van der Waals surface area (Å²) in [4.78, 5) is 15.9. The molecule has 0 radical (unpaired) electrons. The van der Waals surface area contributed by atoms with Crippen LogP contribution in [0.2, 0.25) is 0 Å². The number of pyridine rings is 1. The third-order valence-electron chi connectivity index (χ3n) is 1.72. The molecule has 0 atom stereocenters. The maximum atomic E-state index is 11.5. The molecule has 0 saturated heterocycles. The van der Waals surface area contributed by atoms with Crippen LogP contribution in [-0.2, 0) is 0 Å². The van der Waals surface area contributed by atoms with Crippen molar-refractivity contribution >= 4 is 23.3 Å². The van der Waals surface area contributed by atoms with Gasteiger partial charge in [0.2, 0.25) is 0 Å². The van der Waals surface area contributed by atoms with Crippen LogP contribution in [0.25, 0.3) is 0 Å². The van der Waals surface area contributed by atoms with Crippen LogP contribution in [0.15, 0.2) is 24.5 Å². The highest BCUT2D eigenvalue weighted by Crippen LogP contribution is 2.08. The maximum absolute atomic E-state index is 11.5. The molecule has 1 N–H and O–H groups in total. The van der Waals surface area contributed by atoms with Crippen molar-refractivity contribution in [1.29, 1.82) is 5.26 Å². The average molecular weight is 231 g/mol. The number of anilines is 1. The largest absolute Gasteiger partial charge is 0.306 e. The van der Waals surface area contributed by atoms with Crippen molar-refractivity contribution in [3.8, 4) is 6.07 Å². The number of rotatable bonds is 2. The van der Waals surface area contributed by atoms with Gasteiger partial charge in [-0.15, -0.1) is 5.10 Å². The molecule has 0 aromatic carbocycles. The zero-order valence-electron chi connectivity index (χ0n) is 7.91. The second-order valence-electron chi connectivity index (χ2n) is 2.78. The number of nitrogens with one attached hydrogen (secondary N) is 1. The molecule has 16 heavy (non-hydrogen) atoms. The molecule has 78 valence electrons. The zero-order valence-corrected chi connectivity index (χ0v) is 8.73. The first-order valence-corrected chi connectivity index (χ1v) is 5.02. The van der Waals surface area contributed by atoms with Crippen LogP contribution in [0.3, 0.4) is 0 Å². The summed E-state index contributed by atoms with van der Waals surface area (Å²) in [7, 11) is 0. The van der Waals surface area contributed by atoms with E-state index in [9.17, 15) is 4.79 Å². The average Bonchev–Trinajstić information content (AvgIpc) is 2.83. The Hall–Kier alpha value is -2.33. The van der Waals surface area contributed by atoms with E-state index in [4.69, 9.17) is 5.26 Å². The van der Waals surface area contributed by atoms with Crippen molar-refractivity contribution < 1.29 is 4.79 Å². The Labute approximate surface area is 94.7 Å². The van der Waals surface area contributed by atoms with Gasteiger partial charge in [0.25, 0.3) is 5.91 Å². The monoisotopic (exact) mass is 231 g/mol. The van der Waals surface area contributed by atoms with Crippen LogP contribution < -0.4 is 5.32 Å². The molecule has 0 aliphatic rings. The number of amides is 1. The van der Waals surface area contributed by atoms with E-state index in [2.05, 4.69) is 19.9 Å².